The number of ether oxygens (including phenoxy) is 2. The fourth-order valence-corrected chi connectivity index (χ4v) is 7.77. The molecule has 0 bridgehead atoms. The lowest BCUT2D eigenvalue weighted by Gasteiger charge is -2.13. The fraction of sp³-hybridized carbons (Fsp3) is 0.108. The molecule has 0 saturated carbocycles. The van der Waals surface area contributed by atoms with Crippen LogP contribution in [-0.4, -0.2) is 123 Å². The van der Waals surface area contributed by atoms with Crippen LogP contribution in [0.1, 0.15) is 20.8 Å². The van der Waals surface area contributed by atoms with Gasteiger partial charge < -0.3 is 40.1 Å². The second-order valence-electron chi connectivity index (χ2n) is 13.6. The molecule has 0 aliphatic heterocycles. The van der Waals surface area contributed by atoms with E-state index in [0.29, 0.717) is 16.8 Å². The number of nitrogens with zero attached hydrogens (tertiary/aromatic N) is 9. The van der Waals surface area contributed by atoms with E-state index in [-0.39, 0.29) is 33.6 Å². The van der Waals surface area contributed by atoms with Gasteiger partial charge in [0.25, 0.3) is 36.0 Å². The van der Waals surface area contributed by atoms with Gasteiger partial charge in [-0.2, -0.15) is 35.0 Å². The summed E-state index contributed by atoms with van der Waals surface area (Å²) in [5, 5.41) is 98.4. The number of aliphatic hydroxyl groups excluding tert-OH is 2. The summed E-state index contributed by atoms with van der Waals surface area (Å²) in [6.07, 6.45) is 0. The summed E-state index contributed by atoms with van der Waals surface area (Å²) in [7, 11) is -15.2. The number of aromatic carboxylic acids is 2. The second kappa shape index (κ2) is 20.0. The van der Waals surface area contributed by atoms with Gasteiger partial charge in [-0.15, -0.1) is 30.7 Å². The summed E-state index contributed by atoms with van der Waals surface area (Å²) >= 11 is 0. The number of benzene rings is 5. The maximum atomic E-state index is 12.7. The predicted molar refractivity (Wildman–Crippen MR) is 231 cm³/mol. The first-order valence-electron chi connectivity index (χ1n) is 18.7. The third-order valence-electron chi connectivity index (χ3n) is 9.05. The Bertz CT molecular complexity index is 3580. The van der Waals surface area contributed by atoms with E-state index in [0.717, 1.165) is 60.7 Å². The first-order chi connectivity index (χ1) is 32.8. The van der Waals surface area contributed by atoms with E-state index in [2.05, 4.69) is 35.8 Å². The number of aromatic nitrogens is 2. The Balaban J connectivity index is 1.47. The molecule has 0 saturated heterocycles. The molecule has 0 fully saturated rings. The second-order valence-corrected chi connectivity index (χ2v) is 17.8. The van der Waals surface area contributed by atoms with E-state index in [1.807, 2.05) is 0 Å². The van der Waals surface area contributed by atoms with Gasteiger partial charge in [0.05, 0.1) is 34.3 Å². The number of hydrogen-bond acceptors (Lipinski definition) is 23. The van der Waals surface area contributed by atoms with Gasteiger partial charge in [0.15, 0.2) is 11.4 Å². The van der Waals surface area contributed by atoms with Gasteiger partial charge in [-0.1, -0.05) is 6.07 Å². The lowest BCUT2D eigenvalue weighted by Crippen LogP contribution is -2.04. The molecule has 0 atom stereocenters. The summed E-state index contributed by atoms with van der Waals surface area (Å²) < 4.78 is 113. The van der Waals surface area contributed by atoms with Gasteiger partial charge in [-0.25, -0.2) is 9.59 Å². The number of phenols is 1. The molecule has 0 radical (unpaired) electrons. The molecule has 0 spiro atoms. The molecule has 5 aromatic carbocycles. The molecular weight excluding hydrogens is 1000 g/mol. The summed E-state index contributed by atoms with van der Waals surface area (Å²) in [4.78, 5) is 31.5. The molecule has 0 aliphatic rings. The SMILES string of the molecule is O=C(O)c1cc(S(=O)(=O)O)ccc1N=Nc1c(C(=O)O)nn(-c2ccc3cc(S(=O)(=O)O)c(N=Nc4cc(OCCO)c(N=Nc5ccc([N+](=O)[O-])cc5S(=O)(=O)O)cc4OCCO)c(O)c3c2)c1O. The Morgan fingerprint density at radius 2 is 1.20 bits per heavy atom. The van der Waals surface area contributed by atoms with Crippen LogP contribution in [-0.2, 0) is 30.4 Å². The van der Waals surface area contributed by atoms with E-state index in [1.165, 1.54) is 0 Å². The summed E-state index contributed by atoms with van der Waals surface area (Å²) in [5.74, 6) is -6.28. The minimum absolute atomic E-state index is 0.126. The highest BCUT2D eigenvalue weighted by Crippen LogP contribution is 2.46. The Kier molecular flexibility index (Phi) is 14.6. The largest absolute Gasteiger partial charge is 0.505 e. The first kappa shape index (κ1) is 51.0. The van der Waals surface area contributed by atoms with E-state index in [1.54, 1.807) is 0 Å². The van der Waals surface area contributed by atoms with Crippen LogP contribution < -0.4 is 9.47 Å². The van der Waals surface area contributed by atoms with E-state index < -0.39 is 145 Å². The number of rotatable bonds is 19. The van der Waals surface area contributed by atoms with Crippen LogP contribution >= 0.6 is 0 Å². The molecule has 366 valence electrons. The van der Waals surface area contributed by atoms with Crippen molar-refractivity contribution in [3.05, 3.63) is 94.2 Å². The summed E-state index contributed by atoms with van der Waals surface area (Å²) in [5.41, 5.74) is -6.45. The van der Waals surface area contributed by atoms with Crippen molar-refractivity contribution in [2.24, 2.45) is 30.7 Å². The van der Waals surface area contributed by atoms with Crippen LogP contribution in [0.3, 0.4) is 0 Å². The Hall–Kier alpha value is -8.44. The van der Waals surface area contributed by atoms with Crippen molar-refractivity contribution in [1.29, 1.82) is 0 Å². The van der Waals surface area contributed by atoms with Gasteiger partial charge >= 0.3 is 11.9 Å². The zero-order chi connectivity index (χ0) is 51.5. The van der Waals surface area contributed by atoms with Gasteiger partial charge in [0.2, 0.25) is 11.6 Å². The van der Waals surface area contributed by atoms with Crippen LogP contribution in [0.15, 0.2) is 118 Å². The quantitative estimate of drug-likeness (QED) is 0.0210. The van der Waals surface area contributed by atoms with Crippen molar-refractivity contribution in [1.82, 2.24) is 9.78 Å². The maximum Gasteiger partial charge on any atom is 0.358 e. The topological polar surface area (TPSA) is 472 Å². The van der Waals surface area contributed by atoms with Gasteiger partial charge in [-0.3, -0.25) is 23.8 Å². The molecule has 30 nitrogen and oxygen atoms in total. The number of nitro benzene ring substituents is 1. The molecule has 70 heavy (non-hydrogen) atoms. The fourth-order valence-electron chi connectivity index (χ4n) is 5.96. The summed E-state index contributed by atoms with van der Waals surface area (Å²) in [6.45, 7) is -2.10. The number of aliphatic hydroxyl groups is 2. The number of non-ortho nitro benzene ring substituents is 1. The Morgan fingerprint density at radius 3 is 1.74 bits per heavy atom. The molecule has 9 N–H and O–H groups in total. The number of fused-ring (bicyclic) bond motifs is 1. The van der Waals surface area contributed by atoms with Crippen molar-refractivity contribution in [2.45, 2.75) is 14.7 Å². The zero-order valence-electron chi connectivity index (χ0n) is 34.4. The number of carbonyl (C=O) groups is 2. The lowest BCUT2D eigenvalue weighted by atomic mass is 10.1. The highest BCUT2D eigenvalue weighted by molar-refractivity contribution is 7.86. The molecule has 0 unspecified atom stereocenters. The predicted octanol–water partition coefficient (Wildman–Crippen LogP) is 5.47. The van der Waals surface area contributed by atoms with Crippen molar-refractivity contribution in [3.63, 3.8) is 0 Å². The van der Waals surface area contributed by atoms with Gasteiger partial charge in [0, 0.05) is 29.7 Å². The monoisotopic (exact) mass is 1030 g/mol. The molecule has 33 heteroatoms. The van der Waals surface area contributed by atoms with Crippen LogP contribution in [0, 0.1) is 10.1 Å². The third kappa shape index (κ3) is 11.1. The number of azo groups is 3. The molecule has 6 aromatic rings. The van der Waals surface area contributed by atoms with Crippen LogP contribution in [0.25, 0.3) is 16.5 Å². The average Bonchev–Trinajstić information content (AvgIpc) is 3.63. The average molecular weight is 1030 g/mol. The molecule has 1 heterocycles. The smallest absolute Gasteiger partial charge is 0.358 e. The number of carboxylic acid groups (broad SMARTS) is 2. The van der Waals surface area contributed by atoms with Gasteiger partial charge in [-0.05, 0) is 47.9 Å². The van der Waals surface area contributed by atoms with Crippen LogP contribution in [0.2, 0.25) is 0 Å². The van der Waals surface area contributed by atoms with Gasteiger partial charge in [0.1, 0.15) is 62.9 Å². The van der Waals surface area contributed by atoms with E-state index in [9.17, 15) is 89.3 Å². The summed E-state index contributed by atoms with van der Waals surface area (Å²) in [6, 6.07) is 10.5. The molecule has 0 amide bonds. The minimum atomic E-state index is -5.27. The van der Waals surface area contributed by atoms with Crippen molar-refractivity contribution in [2.75, 3.05) is 26.4 Å². The normalized spacial score (nSPS) is 12.4. The number of carboxylic acids is 2. The number of hydrogen-bond donors (Lipinski definition) is 9. The molecular formula is C37H29N9O21S3. The molecule has 1 aromatic heterocycles. The molecule has 6 rings (SSSR count). The maximum absolute atomic E-state index is 12.7. The number of phenolic OH excluding ortho intramolecular Hbond substituents is 1. The number of aromatic hydroxyl groups is 2. The highest BCUT2D eigenvalue weighted by atomic mass is 32.2. The van der Waals surface area contributed by atoms with Crippen LogP contribution in [0.5, 0.6) is 23.1 Å². The number of nitro groups is 1. The minimum Gasteiger partial charge on any atom is -0.505 e. The van der Waals surface area contributed by atoms with E-state index >= 15 is 0 Å². The third-order valence-corrected chi connectivity index (χ3v) is 11.6. The van der Waals surface area contributed by atoms with Crippen molar-refractivity contribution < 1.29 is 93.5 Å². The Morgan fingerprint density at radius 1 is 0.643 bits per heavy atom. The standard InChI is InChI=1S/C37H29N9O21S3/c47-7-9-66-27-16-26(28(67-10-8-48)15-25(27)40-39-24-5-3-19(46(55)56)13-29(24)69(60,61)62)41-42-31-30(70(63,64)65)11-17-1-2-18(12-21(17)34(31)49)45-35(50)32(33(44-45)37(53)54)43-38-23-6-4-20(68(57,58)59)14-22(23)36(51)52/h1-6,11-16,47-50H,7-10H2,(H,51,52)(H,53,54)(H,57,58,59)(H,60,61,62)(H,63,64,65). The Labute approximate surface area is 389 Å². The lowest BCUT2D eigenvalue weighted by molar-refractivity contribution is -0.385. The van der Waals surface area contributed by atoms with Crippen LogP contribution in [0.4, 0.5) is 39.8 Å². The van der Waals surface area contributed by atoms with Crippen molar-refractivity contribution >= 4 is 92.9 Å². The molecule has 0 aliphatic carbocycles. The first-order valence-corrected chi connectivity index (χ1v) is 23.0. The van der Waals surface area contributed by atoms with E-state index in [4.69, 9.17) is 9.47 Å². The highest BCUT2D eigenvalue weighted by Gasteiger charge is 2.27. The zero-order valence-corrected chi connectivity index (χ0v) is 36.9. The van der Waals surface area contributed by atoms with Crippen molar-refractivity contribution in [3.8, 4) is 28.8 Å².